The molecule has 2 bridgehead atoms. The molecule has 2 atom stereocenters. The Labute approximate surface area is 165 Å². The van der Waals surface area contributed by atoms with Crippen molar-refractivity contribution in [3.8, 4) is 0 Å². The Morgan fingerprint density at radius 1 is 0.724 bits per heavy atom. The Morgan fingerprint density at radius 2 is 1.17 bits per heavy atom. The molecule has 4 N–H and O–H groups in total. The zero-order valence-corrected chi connectivity index (χ0v) is 15.5. The summed E-state index contributed by atoms with van der Waals surface area (Å²) in [5, 5.41) is 1.29. The van der Waals surface area contributed by atoms with Gasteiger partial charge in [-0.15, -0.1) is 0 Å². The van der Waals surface area contributed by atoms with Gasteiger partial charge in [0.25, 0.3) is 0 Å². The third-order valence-electron chi connectivity index (χ3n) is 6.51. The molecule has 0 saturated carbocycles. The molecule has 2 heterocycles. The van der Waals surface area contributed by atoms with E-state index in [-0.39, 0.29) is 23.5 Å². The Kier molecular flexibility index (Phi) is 3.23. The average Bonchev–Trinajstić information content (AvgIpc) is 2.69. The number of nitrogens with two attached hydrogens (primary N) is 2. The third kappa shape index (κ3) is 2.17. The summed E-state index contributed by atoms with van der Waals surface area (Å²) in [6, 6.07) is 9.74. The second-order valence-corrected chi connectivity index (χ2v) is 8.08. The molecule has 6 rings (SSSR count). The molecule has 0 saturated heterocycles. The molecular formula is C23H18F2N4. The summed E-state index contributed by atoms with van der Waals surface area (Å²) in [6.45, 7) is 0. The minimum atomic E-state index is -0.365. The monoisotopic (exact) mass is 388 g/mol. The molecule has 2 aromatic heterocycles. The van der Waals surface area contributed by atoms with E-state index in [0.29, 0.717) is 46.0 Å². The second-order valence-electron chi connectivity index (χ2n) is 8.08. The second kappa shape index (κ2) is 5.63. The van der Waals surface area contributed by atoms with E-state index in [2.05, 4.69) is 9.97 Å². The highest BCUT2D eigenvalue weighted by Crippen LogP contribution is 2.51. The van der Waals surface area contributed by atoms with E-state index in [1.54, 1.807) is 12.1 Å². The standard InChI is InChI=1S/C23H18F2N4/c24-14-5-1-3-12-20(26)18-10-7-11(9-16(18)28-22(12)14)19-17(8-10)29-23-13(21(19)27)4-2-6-15(23)25/h1-6,10-11H,7-9H2,(H2,26,28)(H2,27,29)/t10-,11-/m1/s1. The Hall–Kier alpha value is -3.28. The van der Waals surface area contributed by atoms with Gasteiger partial charge in [0.2, 0.25) is 0 Å². The maximum Gasteiger partial charge on any atom is 0.149 e. The number of para-hydroxylation sites is 2. The molecular weight excluding hydrogens is 370 g/mol. The van der Waals surface area contributed by atoms with Crippen LogP contribution in [0.4, 0.5) is 20.2 Å². The first-order chi connectivity index (χ1) is 14.0. The molecule has 6 heteroatoms. The largest absolute Gasteiger partial charge is 0.398 e. The number of fused-ring (bicyclic) bond motifs is 8. The van der Waals surface area contributed by atoms with E-state index in [9.17, 15) is 8.78 Å². The molecule has 2 aromatic carbocycles. The van der Waals surface area contributed by atoms with Gasteiger partial charge in [0, 0.05) is 44.7 Å². The van der Waals surface area contributed by atoms with Gasteiger partial charge in [-0.2, -0.15) is 0 Å². The Morgan fingerprint density at radius 3 is 1.62 bits per heavy atom. The highest BCUT2D eigenvalue weighted by atomic mass is 19.1. The van der Waals surface area contributed by atoms with Gasteiger partial charge in [-0.3, -0.25) is 0 Å². The van der Waals surface area contributed by atoms with Crippen LogP contribution in [0.15, 0.2) is 36.4 Å². The predicted molar refractivity (Wildman–Crippen MR) is 110 cm³/mol. The van der Waals surface area contributed by atoms with Crippen molar-refractivity contribution >= 4 is 33.2 Å². The third-order valence-corrected chi connectivity index (χ3v) is 6.51. The van der Waals surface area contributed by atoms with Crippen LogP contribution in [0.3, 0.4) is 0 Å². The average molecular weight is 388 g/mol. The summed E-state index contributed by atoms with van der Waals surface area (Å²) in [6.07, 6.45) is 2.14. The summed E-state index contributed by atoms with van der Waals surface area (Å²) in [7, 11) is 0. The van der Waals surface area contributed by atoms with Crippen molar-refractivity contribution in [3.05, 3.63) is 70.5 Å². The van der Waals surface area contributed by atoms with Gasteiger partial charge in [-0.05, 0) is 43.2 Å². The highest BCUT2D eigenvalue weighted by Gasteiger charge is 2.39. The number of nitrogens with zero attached hydrogens (tertiary/aromatic N) is 2. The maximum absolute atomic E-state index is 14.4. The molecule has 0 spiro atoms. The smallest absolute Gasteiger partial charge is 0.149 e. The fourth-order valence-electron chi connectivity index (χ4n) is 5.32. The van der Waals surface area contributed by atoms with Crippen LogP contribution in [0.25, 0.3) is 21.8 Å². The van der Waals surface area contributed by atoms with Crippen LogP contribution in [0, 0.1) is 11.6 Å². The lowest BCUT2D eigenvalue weighted by atomic mass is 9.68. The van der Waals surface area contributed by atoms with Crippen LogP contribution in [-0.4, -0.2) is 9.97 Å². The first-order valence-electron chi connectivity index (χ1n) is 9.76. The van der Waals surface area contributed by atoms with Gasteiger partial charge < -0.3 is 11.5 Å². The molecule has 144 valence electrons. The minimum absolute atomic E-state index is 0.118. The fourth-order valence-corrected chi connectivity index (χ4v) is 5.32. The number of hydrogen-bond acceptors (Lipinski definition) is 4. The van der Waals surface area contributed by atoms with Crippen molar-refractivity contribution in [1.29, 1.82) is 0 Å². The zero-order chi connectivity index (χ0) is 19.9. The Balaban J connectivity index is 1.59. The van der Waals surface area contributed by atoms with Crippen LogP contribution in [-0.2, 0) is 12.8 Å². The summed E-state index contributed by atoms with van der Waals surface area (Å²) in [4.78, 5) is 9.32. The Bertz CT molecular complexity index is 1250. The van der Waals surface area contributed by atoms with Crippen LogP contribution in [0.2, 0.25) is 0 Å². The maximum atomic E-state index is 14.4. The van der Waals surface area contributed by atoms with E-state index in [4.69, 9.17) is 11.5 Å². The summed E-state index contributed by atoms with van der Waals surface area (Å²) < 4.78 is 28.7. The predicted octanol–water partition coefficient (Wildman–Crippen LogP) is 4.60. The number of rotatable bonds is 0. The van der Waals surface area contributed by atoms with Gasteiger partial charge in [-0.25, -0.2) is 18.7 Å². The summed E-state index contributed by atoms with van der Waals surface area (Å²) >= 11 is 0. The van der Waals surface area contributed by atoms with Crippen LogP contribution >= 0.6 is 0 Å². The van der Waals surface area contributed by atoms with Gasteiger partial charge in [0.1, 0.15) is 22.7 Å². The van der Waals surface area contributed by atoms with E-state index >= 15 is 0 Å². The van der Waals surface area contributed by atoms with E-state index in [1.165, 1.54) is 12.1 Å². The van der Waals surface area contributed by atoms with Crippen LogP contribution in [0.5, 0.6) is 0 Å². The topological polar surface area (TPSA) is 77.8 Å². The van der Waals surface area contributed by atoms with Crippen LogP contribution < -0.4 is 11.5 Å². The quantitative estimate of drug-likeness (QED) is 0.462. The molecule has 0 fully saturated rings. The van der Waals surface area contributed by atoms with Crippen molar-refractivity contribution in [1.82, 2.24) is 9.97 Å². The van der Waals surface area contributed by atoms with Crippen molar-refractivity contribution in [2.75, 3.05) is 11.5 Å². The molecule has 2 aliphatic carbocycles. The van der Waals surface area contributed by atoms with Crippen LogP contribution in [0.1, 0.15) is 40.8 Å². The molecule has 0 amide bonds. The molecule has 2 aliphatic rings. The SMILES string of the molecule is Nc1c2c(nc3c(F)cccc13)C[C@H]1C[C@@H]2Cc2nc3c(F)cccc3c(N)c21. The minimum Gasteiger partial charge on any atom is -0.398 e. The van der Waals surface area contributed by atoms with E-state index < -0.39 is 0 Å². The van der Waals surface area contributed by atoms with Gasteiger partial charge in [0.05, 0.1) is 0 Å². The van der Waals surface area contributed by atoms with Gasteiger partial charge >= 0.3 is 0 Å². The fraction of sp³-hybridized carbons (Fsp3) is 0.217. The molecule has 0 aliphatic heterocycles. The number of anilines is 2. The lowest BCUT2D eigenvalue weighted by Crippen LogP contribution is -2.28. The summed E-state index contributed by atoms with van der Waals surface area (Å²) in [5.74, 6) is -0.494. The number of hydrogen-bond donors (Lipinski definition) is 2. The van der Waals surface area contributed by atoms with Crippen molar-refractivity contribution < 1.29 is 8.78 Å². The number of benzene rings is 2. The molecule has 0 radical (unpaired) electrons. The van der Waals surface area contributed by atoms with Crippen molar-refractivity contribution in [2.24, 2.45) is 0 Å². The number of pyridine rings is 2. The van der Waals surface area contributed by atoms with E-state index in [0.717, 1.165) is 28.9 Å². The van der Waals surface area contributed by atoms with Gasteiger partial charge in [0.15, 0.2) is 0 Å². The molecule has 29 heavy (non-hydrogen) atoms. The first kappa shape index (κ1) is 16.7. The normalized spacial score (nSPS) is 19.9. The van der Waals surface area contributed by atoms with E-state index in [1.807, 2.05) is 12.1 Å². The highest BCUT2D eigenvalue weighted by molar-refractivity contribution is 5.94. The number of halogens is 2. The van der Waals surface area contributed by atoms with Crippen molar-refractivity contribution in [2.45, 2.75) is 31.1 Å². The molecule has 4 aromatic rings. The lowest BCUT2D eigenvalue weighted by Gasteiger charge is -2.38. The summed E-state index contributed by atoms with van der Waals surface area (Å²) in [5.41, 5.74) is 18.5. The molecule has 0 unspecified atom stereocenters. The van der Waals surface area contributed by atoms with Gasteiger partial charge in [-0.1, -0.05) is 24.3 Å². The first-order valence-corrected chi connectivity index (χ1v) is 9.76. The van der Waals surface area contributed by atoms with Crippen molar-refractivity contribution in [3.63, 3.8) is 0 Å². The zero-order valence-electron chi connectivity index (χ0n) is 15.5. The number of nitrogen functional groups attached to an aromatic ring is 2. The lowest BCUT2D eigenvalue weighted by molar-refractivity contribution is 0.448. The number of aromatic nitrogens is 2. The molecule has 4 nitrogen and oxygen atoms in total.